The third-order valence-electron chi connectivity index (χ3n) is 4.85. The van der Waals surface area contributed by atoms with Gasteiger partial charge in [-0.3, -0.25) is 9.80 Å². The van der Waals surface area contributed by atoms with Crippen molar-refractivity contribution in [1.29, 1.82) is 0 Å². The molecule has 0 radical (unpaired) electrons. The van der Waals surface area contributed by atoms with Gasteiger partial charge in [0.2, 0.25) is 0 Å². The van der Waals surface area contributed by atoms with Crippen LogP contribution in [0.3, 0.4) is 0 Å². The monoisotopic (exact) mass is 289 g/mol. The lowest BCUT2D eigenvalue weighted by Crippen LogP contribution is -2.45. The zero-order chi connectivity index (χ0) is 14.7. The Hall–Kier alpha value is -0.940. The third-order valence-corrected chi connectivity index (χ3v) is 4.85. The molecule has 21 heavy (non-hydrogen) atoms. The first kappa shape index (κ1) is 15.0. The zero-order valence-corrected chi connectivity index (χ0v) is 13.0. The Bertz CT molecular complexity index is 459. The molecule has 0 aromatic heterocycles. The number of ether oxygens (including phenoxy) is 1. The fraction of sp³-hybridized carbons (Fsp3) is 0.647. The minimum Gasteiger partial charge on any atom is -0.379 e. The van der Waals surface area contributed by atoms with Gasteiger partial charge in [-0.25, -0.2) is 0 Å². The van der Waals surface area contributed by atoms with Crippen molar-refractivity contribution in [1.82, 2.24) is 9.80 Å². The van der Waals surface area contributed by atoms with Crippen LogP contribution >= 0.6 is 0 Å². The molecular formula is C17H27N3O. The zero-order valence-electron chi connectivity index (χ0n) is 13.0. The first-order chi connectivity index (χ1) is 10.2. The summed E-state index contributed by atoms with van der Waals surface area (Å²) < 4.78 is 5.45. The van der Waals surface area contributed by atoms with Crippen LogP contribution in [0.25, 0.3) is 0 Å². The van der Waals surface area contributed by atoms with Gasteiger partial charge in [0, 0.05) is 38.3 Å². The molecule has 2 fully saturated rings. The van der Waals surface area contributed by atoms with Crippen molar-refractivity contribution in [3.05, 3.63) is 35.4 Å². The lowest BCUT2D eigenvalue weighted by atomic mass is 10.0. The van der Waals surface area contributed by atoms with Crippen LogP contribution < -0.4 is 5.73 Å². The van der Waals surface area contributed by atoms with Crippen LogP contribution in [0.4, 0.5) is 0 Å². The lowest BCUT2D eigenvalue weighted by molar-refractivity contribution is 0.0184. The van der Waals surface area contributed by atoms with Gasteiger partial charge in [-0.15, -0.1) is 0 Å². The van der Waals surface area contributed by atoms with E-state index in [0.29, 0.717) is 6.04 Å². The molecule has 2 heterocycles. The normalized spacial score (nSPS) is 26.1. The summed E-state index contributed by atoms with van der Waals surface area (Å²) in [7, 11) is 0. The maximum absolute atomic E-state index is 6.42. The summed E-state index contributed by atoms with van der Waals surface area (Å²) >= 11 is 0. The molecule has 2 N–H and O–H groups in total. The number of benzene rings is 1. The van der Waals surface area contributed by atoms with Gasteiger partial charge < -0.3 is 10.5 Å². The van der Waals surface area contributed by atoms with Crippen LogP contribution in [0.15, 0.2) is 24.3 Å². The molecule has 2 aliphatic heterocycles. The number of likely N-dealkylation sites (tertiary alicyclic amines) is 1. The molecular weight excluding hydrogens is 262 g/mol. The van der Waals surface area contributed by atoms with Crippen molar-refractivity contribution in [3.63, 3.8) is 0 Å². The number of hydrogen-bond donors (Lipinski definition) is 1. The van der Waals surface area contributed by atoms with E-state index in [-0.39, 0.29) is 6.04 Å². The summed E-state index contributed by atoms with van der Waals surface area (Å²) in [6.07, 6.45) is 1.26. The van der Waals surface area contributed by atoms with Crippen molar-refractivity contribution >= 4 is 0 Å². The van der Waals surface area contributed by atoms with Gasteiger partial charge >= 0.3 is 0 Å². The van der Waals surface area contributed by atoms with Gasteiger partial charge in [0.15, 0.2) is 0 Å². The molecule has 0 bridgehead atoms. The fourth-order valence-electron chi connectivity index (χ4n) is 3.60. The van der Waals surface area contributed by atoms with E-state index in [2.05, 4.69) is 41.0 Å². The van der Waals surface area contributed by atoms with E-state index in [1.165, 1.54) is 24.1 Å². The third kappa shape index (κ3) is 3.64. The summed E-state index contributed by atoms with van der Waals surface area (Å²) in [6, 6.07) is 9.29. The lowest BCUT2D eigenvalue weighted by Gasteiger charge is -2.32. The second-order valence-corrected chi connectivity index (χ2v) is 6.31. The number of rotatable bonds is 4. The summed E-state index contributed by atoms with van der Waals surface area (Å²) in [5.41, 5.74) is 9.01. The Kier molecular flexibility index (Phi) is 4.91. The second-order valence-electron chi connectivity index (χ2n) is 6.31. The highest BCUT2D eigenvalue weighted by molar-refractivity contribution is 5.28. The quantitative estimate of drug-likeness (QED) is 0.910. The molecule has 1 aromatic carbocycles. The molecule has 3 rings (SSSR count). The van der Waals surface area contributed by atoms with Crippen molar-refractivity contribution in [2.24, 2.45) is 5.73 Å². The Morgan fingerprint density at radius 2 is 2.00 bits per heavy atom. The summed E-state index contributed by atoms with van der Waals surface area (Å²) in [4.78, 5) is 5.11. The van der Waals surface area contributed by atoms with E-state index in [1.807, 2.05) is 0 Å². The predicted molar refractivity (Wildman–Crippen MR) is 85.3 cm³/mol. The molecule has 2 unspecified atom stereocenters. The molecule has 4 nitrogen and oxygen atoms in total. The number of morpholine rings is 1. The summed E-state index contributed by atoms with van der Waals surface area (Å²) in [6.45, 7) is 9.38. The van der Waals surface area contributed by atoms with Crippen molar-refractivity contribution in [2.45, 2.75) is 25.4 Å². The van der Waals surface area contributed by atoms with E-state index in [0.717, 1.165) is 39.4 Å². The molecule has 0 aliphatic carbocycles. The minimum atomic E-state index is 0.120. The highest BCUT2D eigenvalue weighted by Gasteiger charge is 2.29. The highest BCUT2D eigenvalue weighted by Crippen LogP contribution is 2.21. The SMILES string of the molecule is Cc1ccccc1C(N)CN1CCC(N2CCOCC2)C1. The molecule has 2 saturated heterocycles. The second kappa shape index (κ2) is 6.88. The van der Waals surface area contributed by atoms with Crippen LogP contribution in [0.5, 0.6) is 0 Å². The average Bonchev–Trinajstić information content (AvgIpc) is 2.97. The molecule has 0 spiro atoms. The van der Waals surface area contributed by atoms with Gasteiger partial charge in [0.25, 0.3) is 0 Å². The molecule has 0 saturated carbocycles. The van der Waals surface area contributed by atoms with Gasteiger partial charge in [0.05, 0.1) is 13.2 Å². The first-order valence-corrected chi connectivity index (χ1v) is 8.09. The Labute approximate surface area is 127 Å². The molecule has 1 aromatic rings. The van der Waals surface area contributed by atoms with E-state index in [1.54, 1.807) is 0 Å². The van der Waals surface area contributed by atoms with Gasteiger partial charge in [0.1, 0.15) is 0 Å². The number of aryl methyl sites for hydroxylation is 1. The standard InChI is InChI=1S/C17H27N3O/c1-14-4-2-3-5-16(14)17(18)13-19-7-6-15(12-19)20-8-10-21-11-9-20/h2-5,15,17H,6-13,18H2,1H3. The average molecular weight is 289 g/mol. The summed E-state index contributed by atoms with van der Waals surface area (Å²) in [5, 5.41) is 0. The topological polar surface area (TPSA) is 41.7 Å². The van der Waals surface area contributed by atoms with E-state index < -0.39 is 0 Å². The van der Waals surface area contributed by atoms with Crippen LogP contribution in [0, 0.1) is 6.92 Å². The van der Waals surface area contributed by atoms with E-state index in [4.69, 9.17) is 10.5 Å². The van der Waals surface area contributed by atoms with Gasteiger partial charge in [-0.1, -0.05) is 24.3 Å². The van der Waals surface area contributed by atoms with Gasteiger partial charge in [-0.05, 0) is 31.0 Å². The molecule has 116 valence electrons. The Morgan fingerprint density at radius 3 is 2.76 bits per heavy atom. The summed E-state index contributed by atoms with van der Waals surface area (Å²) in [5.74, 6) is 0. The molecule has 2 aliphatic rings. The molecule has 0 amide bonds. The predicted octanol–water partition coefficient (Wildman–Crippen LogP) is 1.40. The number of nitrogens with two attached hydrogens (primary N) is 1. The van der Waals surface area contributed by atoms with Crippen LogP contribution in [0.1, 0.15) is 23.6 Å². The Morgan fingerprint density at radius 1 is 1.24 bits per heavy atom. The number of hydrogen-bond acceptors (Lipinski definition) is 4. The maximum Gasteiger partial charge on any atom is 0.0594 e. The fourth-order valence-corrected chi connectivity index (χ4v) is 3.60. The smallest absolute Gasteiger partial charge is 0.0594 e. The highest BCUT2D eigenvalue weighted by atomic mass is 16.5. The minimum absolute atomic E-state index is 0.120. The van der Waals surface area contributed by atoms with Crippen molar-refractivity contribution in [3.8, 4) is 0 Å². The van der Waals surface area contributed by atoms with Crippen LogP contribution in [0.2, 0.25) is 0 Å². The van der Waals surface area contributed by atoms with Crippen LogP contribution in [-0.2, 0) is 4.74 Å². The van der Waals surface area contributed by atoms with Crippen molar-refractivity contribution < 1.29 is 4.74 Å². The maximum atomic E-state index is 6.42. The molecule has 2 atom stereocenters. The first-order valence-electron chi connectivity index (χ1n) is 8.09. The van der Waals surface area contributed by atoms with Crippen LogP contribution in [-0.4, -0.2) is 61.8 Å². The largest absolute Gasteiger partial charge is 0.379 e. The van der Waals surface area contributed by atoms with E-state index in [9.17, 15) is 0 Å². The number of nitrogens with zero attached hydrogens (tertiary/aromatic N) is 2. The Balaban J connectivity index is 1.53. The van der Waals surface area contributed by atoms with E-state index >= 15 is 0 Å². The van der Waals surface area contributed by atoms with Crippen molar-refractivity contribution in [2.75, 3.05) is 45.9 Å². The molecule has 4 heteroatoms. The van der Waals surface area contributed by atoms with Gasteiger partial charge in [-0.2, -0.15) is 0 Å².